The number of hydrogen-bond donors (Lipinski definition) is 0. The minimum absolute atomic E-state index is 0.0107. The minimum atomic E-state index is -0.142. The van der Waals surface area contributed by atoms with Crippen LogP contribution in [0.2, 0.25) is 0 Å². The van der Waals surface area contributed by atoms with Crippen molar-refractivity contribution in [1.29, 1.82) is 5.26 Å². The fourth-order valence-electron chi connectivity index (χ4n) is 2.48. The summed E-state index contributed by atoms with van der Waals surface area (Å²) in [6, 6.07) is 19.1. The molecular weight excluding hydrogens is 396 g/mol. The Labute approximate surface area is 170 Å². The largest absolute Gasteiger partial charge is 0.298 e. The lowest BCUT2D eigenvalue weighted by Gasteiger charge is -2.19. The standard InChI is InChI=1S/C19H16N4OS3/c1-14-7-5-6-10-16(14)23-19(25)27-18(21-23)26-13-17(24)22(12-11-20)15-8-3-2-4-9-15/h2-10H,12-13H2,1H3. The Kier molecular flexibility index (Phi) is 6.40. The number of aryl methyl sites for hydroxylation is 1. The molecule has 0 spiro atoms. The van der Waals surface area contributed by atoms with Crippen LogP contribution in [0, 0.1) is 22.2 Å². The third-order valence-electron chi connectivity index (χ3n) is 3.79. The van der Waals surface area contributed by atoms with Crippen LogP contribution in [-0.2, 0) is 4.79 Å². The van der Waals surface area contributed by atoms with Gasteiger partial charge in [-0.25, -0.2) is 4.68 Å². The number of amides is 1. The highest BCUT2D eigenvalue weighted by Gasteiger charge is 2.17. The molecule has 0 radical (unpaired) electrons. The van der Waals surface area contributed by atoms with Gasteiger partial charge in [-0.05, 0) is 42.9 Å². The summed E-state index contributed by atoms with van der Waals surface area (Å²) in [5, 5.41) is 13.6. The van der Waals surface area contributed by atoms with Crippen LogP contribution >= 0.6 is 35.3 Å². The second kappa shape index (κ2) is 8.95. The predicted molar refractivity (Wildman–Crippen MR) is 112 cm³/mol. The Morgan fingerprint density at radius 3 is 2.67 bits per heavy atom. The molecule has 1 amide bonds. The second-order valence-corrected chi connectivity index (χ2v) is 8.44. The molecule has 0 atom stereocenters. The molecule has 0 unspecified atom stereocenters. The van der Waals surface area contributed by atoms with Crippen molar-refractivity contribution in [2.75, 3.05) is 17.2 Å². The van der Waals surface area contributed by atoms with Crippen LogP contribution in [0.1, 0.15) is 5.56 Å². The van der Waals surface area contributed by atoms with Gasteiger partial charge in [0.05, 0.1) is 17.5 Å². The monoisotopic (exact) mass is 412 g/mol. The molecule has 0 aliphatic carbocycles. The van der Waals surface area contributed by atoms with E-state index in [2.05, 4.69) is 5.10 Å². The van der Waals surface area contributed by atoms with Crippen LogP contribution in [-0.4, -0.2) is 28.0 Å². The molecule has 27 heavy (non-hydrogen) atoms. The molecule has 0 saturated carbocycles. The van der Waals surface area contributed by atoms with Crippen LogP contribution in [0.4, 0.5) is 5.69 Å². The number of thioether (sulfide) groups is 1. The van der Waals surface area contributed by atoms with Gasteiger partial charge < -0.3 is 0 Å². The SMILES string of the molecule is Cc1ccccc1-n1nc(SCC(=O)N(CC#N)c2ccccc2)sc1=S. The number of nitriles is 1. The van der Waals surface area contributed by atoms with E-state index in [1.807, 2.05) is 67.6 Å². The molecule has 2 aromatic carbocycles. The van der Waals surface area contributed by atoms with Gasteiger partial charge in [0, 0.05) is 5.69 Å². The number of carbonyl (C=O) groups is 1. The first-order valence-electron chi connectivity index (χ1n) is 8.11. The van der Waals surface area contributed by atoms with Crippen molar-refractivity contribution in [3.05, 3.63) is 64.1 Å². The predicted octanol–water partition coefficient (Wildman–Crippen LogP) is 4.62. The summed E-state index contributed by atoms with van der Waals surface area (Å²) in [4.78, 5) is 14.1. The van der Waals surface area contributed by atoms with Crippen molar-refractivity contribution in [1.82, 2.24) is 9.78 Å². The van der Waals surface area contributed by atoms with E-state index in [4.69, 9.17) is 17.5 Å². The van der Waals surface area contributed by atoms with Gasteiger partial charge in [0.25, 0.3) is 0 Å². The van der Waals surface area contributed by atoms with Gasteiger partial charge in [-0.1, -0.05) is 59.5 Å². The van der Waals surface area contributed by atoms with Crippen LogP contribution in [0.25, 0.3) is 5.69 Å². The van der Waals surface area contributed by atoms with Gasteiger partial charge in [-0.3, -0.25) is 9.69 Å². The second-order valence-electron chi connectivity index (χ2n) is 5.59. The quantitative estimate of drug-likeness (QED) is 0.336. The number of carbonyl (C=O) groups excluding carboxylic acids is 1. The number of para-hydroxylation sites is 2. The fraction of sp³-hybridized carbons (Fsp3) is 0.158. The van der Waals surface area contributed by atoms with E-state index in [0.29, 0.717) is 9.64 Å². The number of hydrogen-bond acceptors (Lipinski definition) is 6. The summed E-state index contributed by atoms with van der Waals surface area (Å²) in [6.45, 7) is 2.02. The minimum Gasteiger partial charge on any atom is -0.298 e. The summed E-state index contributed by atoms with van der Waals surface area (Å²) in [6.07, 6.45) is 0. The van der Waals surface area contributed by atoms with Gasteiger partial charge in [-0.2, -0.15) is 5.26 Å². The lowest BCUT2D eigenvalue weighted by atomic mass is 10.2. The van der Waals surface area contributed by atoms with Crippen LogP contribution in [0.5, 0.6) is 0 Å². The zero-order chi connectivity index (χ0) is 19.2. The normalized spacial score (nSPS) is 10.4. The van der Waals surface area contributed by atoms with Gasteiger partial charge >= 0.3 is 0 Å². The number of benzene rings is 2. The van der Waals surface area contributed by atoms with Crippen molar-refractivity contribution >= 4 is 46.9 Å². The van der Waals surface area contributed by atoms with Crippen molar-refractivity contribution in [2.24, 2.45) is 0 Å². The Hall–Kier alpha value is -2.47. The van der Waals surface area contributed by atoms with Crippen molar-refractivity contribution in [3.8, 4) is 11.8 Å². The highest BCUT2D eigenvalue weighted by atomic mass is 32.2. The summed E-state index contributed by atoms with van der Waals surface area (Å²) in [7, 11) is 0. The van der Waals surface area contributed by atoms with Crippen molar-refractivity contribution < 1.29 is 4.79 Å². The highest BCUT2D eigenvalue weighted by molar-refractivity contribution is 8.01. The molecule has 0 fully saturated rings. The number of nitrogens with zero attached hydrogens (tertiary/aromatic N) is 4. The molecule has 0 bridgehead atoms. The van der Waals surface area contributed by atoms with Crippen LogP contribution < -0.4 is 4.90 Å². The lowest BCUT2D eigenvalue weighted by Crippen LogP contribution is -2.32. The van der Waals surface area contributed by atoms with Gasteiger partial charge in [-0.15, -0.1) is 5.10 Å². The number of aromatic nitrogens is 2. The Bertz CT molecular complexity index is 1040. The number of rotatable bonds is 6. The first kappa shape index (κ1) is 19.3. The zero-order valence-corrected chi connectivity index (χ0v) is 17.0. The maximum absolute atomic E-state index is 12.6. The first-order chi connectivity index (χ1) is 13.1. The molecule has 0 aliphatic heterocycles. The molecule has 1 aromatic heterocycles. The smallest absolute Gasteiger partial charge is 0.238 e. The molecule has 0 aliphatic rings. The van der Waals surface area contributed by atoms with E-state index in [-0.39, 0.29) is 18.2 Å². The molecule has 0 N–H and O–H groups in total. The highest BCUT2D eigenvalue weighted by Crippen LogP contribution is 2.26. The van der Waals surface area contributed by atoms with E-state index < -0.39 is 0 Å². The molecule has 0 saturated heterocycles. The van der Waals surface area contributed by atoms with Gasteiger partial charge in [0.15, 0.2) is 8.29 Å². The summed E-state index contributed by atoms with van der Waals surface area (Å²) >= 11 is 8.14. The number of anilines is 1. The van der Waals surface area contributed by atoms with E-state index >= 15 is 0 Å². The summed E-state index contributed by atoms with van der Waals surface area (Å²) < 4.78 is 3.09. The van der Waals surface area contributed by atoms with Crippen molar-refractivity contribution in [2.45, 2.75) is 11.3 Å². The van der Waals surface area contributed by atoms with Gasteiger partial charge in [0.2, 0.25) is 5.91 Å². The lowest BCUT2D eigenvalue weighted by molar-refractivity contribution is -0.116. The van der Waals surface area contributed by atoms with Crippen LogP contribution in [0.3, 0.4) is 0 Å². The van der Waals surface area contributed by atoms with Crippen LogP contribution in [0.15, 0.2) is 58.9 Å². The molecule has 3 aromatic rings. The first-order valence-corrected chi connectivity index (χ1v) is 10.3. The average Bonchev–Trinajstić information content (AvgIpc) is 3.05. The maximum atomic E-state index is 12.6. The molecule has 1 heterocycles. The fourth-order valence-corrected chi connectivity index (χ4v) is 4.70. The third-order valence-corrected chi connectivity index (χ3v) is 6.14. The summed E-state index contributed by atoms with van der Waals surface area (Å²) in [5.74, 6) is 0.0448. The molecular formula is C19H16N4OS3. The third kappa shape index (κ3) is 4.63. The van der Waals surface area contributed by atoms with E-state index in [9.17, 15) is 4.79 Å². The maximum Gasteiger partial charge on any atom is 0.238 e. The topological polar surface area (TPSA) is 61.9 Å². The molecule has 136 valence electrons. The molecule has 3 rings (SSSR count). The van der Waals surface area contributed by atoms with Crippen molar-refractivity contribution in [3.63, 3.8) is 0 Å². The average molecular weight is 413 g/mol. The Balaban J connectivity index is 1.74. The molecule has 5 nitrogen and oxygen atoms in total. The summed E-state index contributed by atoms with van der Waals surface area (Å²) in [5.41, 5.74) is 2.73. The van der Waals surface area contributed by atoms with E-state index in [0.717, 1.165) is 15.6 Å². The van der Waals surface area contributed by atoms with Gasteiger partial charge in [0.1, 0.15) is 6.54 Å². The van der Waals surface area contributed by atoms with E-state index in [1.165, 1.54) is 28.0 Å². The molecule has 8 heteroatoms. The Morgan fingerprint density at radius 1 is 1.26 bits per heavy atom. The Morgan fingerprint density at radius 2 is 1.96 bits per heavy atom. The van der Waals surface area contributed by atoms with E-state index in [1.54, 1.807) is 4.68 Å². The zero-order valence-electron chi connectivity index (χ0n) is 14.5.